The molecule has 16 heavy (non-hydrogen) atoms. The number of carbonyl (C=O) groups excluding carboxylic acids is 1. The second kappa shape index (κ2) is 5.99. The van der Waals surface area contributed by atoms with Gasteiger partial charge in [-0.2, -0.15) is 0 Å². The zero-order valence-corrected chi connectivity index (χ0v) is 10.3. The molecule has 3 nitrogen and oxygen atoms in total. The number of halogens is 3. The van der Waals surface area contributed by atoms with E-state index in [4.69, 9.17) is 39.5 Å². The van der Waals surface area contributed by atoms with Gasteiger partial charge in [0, 0.05) is 0 Å². The summed E-state index contributed by atoms with van der Waals surface area (Å²) >= 11 is 17.3. The van der Waals surface area contributed by atoms with Crippen LogP contribution in [0.4, 0.5) is 4.79 Å². The zero-order valence-electron chi connectivity index (χ0n) is 8.00. The molecule has 0 bridgehead atoms. The smallest absolute Gasteiger partial charge is 0.430 e. The van der Waals surface area contributed by atoms with Crippen molar-refractivity contribution in [3.8, 4) is 5.75 Å². The molecule has 0 spiro atoms. The molecule has 0 fully saturated rings. The zero-order chi connectivity index (χ0) is 12.1. The summed E-state index contributed by atoms with van der Waals surface area (Å²) in [5, 5.41) is 0.459. The fourth-order valence-electron chi connectivity index (χ4n) is 0.833. The van der Waals surface area contributed by atoms with E-state index in [2.05, 4.69) is 11.3 Å². The topological polar surface area (TPSA) is 35.5 Å². The van der Waals surface area contributed by atoms with Crippen LogP contribution in [-0.4, -0.2) is 12.8 Å². The van der Waals surface area contributed by atoms with Crippen molar-refractivity contribution in [1.82, 2.24) is 0 Å². The van der Waals surface area contributed by atoms with Gasteiger partial charge in [0.05, 0.1) is 10.0 Å². The molecule has 1 aromatic rings. The van der Waals surface area contributed by atoms with Crippen molar-refractivity contribution in [1.29, 1.82) is 0 Å². The standard InChI is InChI=1S/C10H7Cl3O3/c1-2-5-15-10(14)16-7-4-3-6(11)8(12)9(7)13/h2-4H,1,5H2. The molecular weight excluding hydrogens is 274 g/mol. The molecule has 6 heteroatoms. The first kappa shape index (κ1) is 13.2. The third-order valence-corrected chi connectivity index (χ3v) is 2.79. The average Bonchev–Trinajstić information content (AvgIpc) is 2.27. The number of carbonyl (C=O) groups is 1. The Bertz CT molecular complexity index is 418. The van der Waals surface area contributed by atoms with Crippen molar-refractivity contribution in [2.24, 2.45) is 0 Å². The van der Waals surface area contributed by atoms with Gasteiger partial charge in [0.1, 0.15) is 11.6 Å². The van der Waals surface area contributed by atoms with Crippen LogP contribution in [0.3, 0.4) is 0 Å². The predicted octanol–water partition coefficient (Wildman–Crippen LogP) is 4.35. The van der Waals surface area contributed by atoms with Crippen molar-refractivity contribution in [2.45, 2.75) is 0 Å². The van der Waals surface area contributed by atoms with Gasteiger partial charge >= 0.3 is 6.16 Å². The Balaban J connectivity index is 2.78. The molecular formula is C10H7Cl3O3. The van der Waals surface area contributed by atoms with Gasteiger partial charge in [-0.1, -0.05) is 47.5 Å². The lowest BCUT2D eigenvalue weighted by atomic mass is 10.3. The molecule has 1 rings (SSSR count). The molecule has 0 heterocycles. The van der Waals surface area contributed by atoms with Crippen LogP contribution in [0.2, 0.25) is 15.1 Å². The highest BCUT2D eigenvalue weighted by molar-refractivity contribution is 6.48. The predicted molar refractivity (Wildman–Crippen MR) is 63.6 cm³/mol. The fourth-order valence-corrected chi connectivity index (χ4v) is 1.40. The highest BCUT2D eigenvalue weighted by atomic mass is 35.5. The van der Waals surface area contributed by atoms with E-state index in [0.29, 0.717) is 0 Å². The Morgan fingerprint density at radius 3 is 2.62 bits per heavy atom. The average molecular weight is 282 g/mol. The fraction of sp³-hybridized carbons (Fsp3) is 0.100. The Morgan fingerprint density at radius 1 is 1.31 bits per heavy atom. The number of hydrogen-bond donors (Lipinski definition) is 0. The summed E-state index contributed by atoms with van der Waals surface area (Å²) in [6.07, 6.45) is 0.526. The van der Waals surface area contributed by atoms with Crippen LogP contribution in [0.1, 0.15) is 0 Å². The van der Waals surface area contributed by atoms with E-state index in [-0.39, 0.29) is 27.4 Å². The minimum absolute atomic E-state index is 0.0533. The van der Waals surface area contributed by atoms with Crippen LogP contribution < -0.4 is 4.74 Å². The quantitative estimate of drug-likeness (QED) is 0.358. The molecule has 0 saturated heterocycles. The van der Waals surface area contributed by atoms with E-state index in [9.17, 15) is 4.79 Å². The minimum Gasteiger partial charge on any atom is -0.430 e. The molecule has 0 radical (unpaired) electrons. The van der Waals surface area contributed by atoms with Gasteiger partial charge in [0.2, 0.25) is 0 Å². The minimum atomic E-state index is -0.889. The molecule has 0 aliphatic rings. The lowest BCUT2D eigenvalue weighted by Crippen LogP contribution is -2.10. The Labute approximate surface area is 107 Å². The maximum absolute atomic E-state index is 11.1. The molecule has 0 aliphatic carbocycles. The lowest BCUT2D eigenvalue weighted by molar-refractivity contribution is 0.109. The first-order valence-electron chi connectivity index (χ1n) is 4.15. The number of hydrogen-bond acceptors (Lipinski definition) is 3. The molecule has 1 aromatic carbocycles. The van der Waals surface area contributed by atoms with Crippen molar-refractivity contribution < 1.29 is 14.3 Å². The molecule has 0 aromatic heterocycles. The van der Waals surface area contributed by atoms with Gasteiger partial charge in [-0.05, 0) is 12.1 Å². The first-order chi connectivity index (χ1) is 7.56. The normalized spacial score (nSPS) is 9.69. The van der Waals surface area contributed by atoms with Crippen molar-refractivity contribution >= 4 is 41.0 Å². The third-order valence-electron chi connectivity index (χ3n) is 1.51. The van der Waals surface area contributed by atoms with Crippen LogP contribution in [0.15, 0.2) is 24.8 Å². The molecule has 86 valence electrons. The maximum Gasteiger partial charge on any atom is 0.514 e. The molecule has 0 aliphatic heterocycles. The van der Waals surface area contributed by atoms with Crippen LogP contribution in [0, 0.1) is 0 Å². The second-order valence-electron chi connectivity index (χ2n) is 2.63. The van der Waals surface area contributed by atoms with Crippen LogP contribution in [-0.2, 0) is 4.74 Å². The molecule has 0 saturated carbocycles. The molecule has 0 amide bonds. The number of rotatable bonds is 3. The molecule has 0 N–H and O–H groups in total. The molecule has 0 atom stereocenters. The van der Waals surface area contributed by atoms with E-state index in [0.717, 1.165) is 0 Å². The van der Waals surface area contributed by atoms with Crippen molar-refractivity contribution in [3.05, 3.63) is 39.9 Å². The van der Waals surface area contributed by atoms with Gasteiger partial charge < -0.3 is 9.47 Å². The van der Waals surface area contributed by atoms with E-state index in [1.807, 2.05) is 0 Å². The summed E-state index contributed by atoms with van der Waals surface area (Å²) in [6, 6.07) is 2.89. The van der Waals surface area contributed by atoms with Crippen LogP contribution in [0.5, 0.6) is 5.75 Å². The lowest BCUT2D eigenvalue weighted by Gasteiger charge is -2.07. The van der Waals surface area contributed by atoms with Gasteiger partial charge in [-0.25, -0.2) is 4.79 Å². The van der Waals surface area contributed by atoms with Gasteiger partial charge in [0.25, 0.3) is 0 Å². The second-order valence-corrected chi connectivity index (χ2v) is 3.79. The monoisotopic (exact) mass is 280 g/mol. The number of benzene rings is 1. The summed E-state index contributed by atoms with van der Waals surface area (Å²) in [7, 11) is 0. The Hall–Kier alpha value is -0.900. The summed E-state index contributed by atoms with van der Waals surface area (Å²) in [5.74, 6) is 0.0881. The third kappa shape index (κ3) is 3.30. The maximum atomic E-state index is 11.1. The van der Waals surface area contributed by atoms with Gasteiger partial charge in [0.15, 0.2) is 5.75 Å². The van der Waals surface area contributed by atoms with E-state index in [1.165, 1.54) is 18.2 Å². The SMILES string of the molecule is C=CCOC(=O)Oc1ccc(Cl)c(Cl)c1Cl. The largest absolute Gasteiger partial charge is 0.514 e. The first-order valence-corrected chi connectivity index (χ1v) is 5.28. The van der Waals surface area contributed by atoms with Crippen LogP contribution >= 0.6 is 34.8 Å². The summed E-state index contributed by atoms with van der Waals surface area (Å²) in [5.41, 5.74) is 0. The summed E-state index contributed by atoms with van der Waals surface area (Å²) < 4.78 is 9.41. The Kier molecular flexibility index (Phi) is 4.93. The van der Waals surface area contributed by atoms with E-state index in [1.54, 1.807) is 0 Å². The summed E-state index contributed by atoms with van der Waals surface area (Å²) in [4.78, 5) is 11.1. The molecule has 0 unspecified atom stereocenters. The van der Waals surface area contributed by atoms with Gasteiger partial charge in [-0.15, -0.1) is 0 Å². The Morgan fingerprint density at radius 2 is 2.00 bits per heavy atom. The van der Waals surface area contributed by atoms with Crippen LogP contribution in [0.25, 0.3) is 0 Å². The van der Waals surface area contributed by atoms with Gasteiger partial charge in [-0.3, -0.25) is 0 Å². The van der Waals surface area contributed by atoms with E-state index < -0.39 is 6.16 Å². The summed E-state index contributed by atoms with van der Waals surface area (Å²) in [6.45, 7) is 3.44. The van der Waals surface area contributed by atoms with Crippen molar-refractivity contribution in [2.75, 3.05) is 6.61 Å². The van der Waals surface area contributed by atoms with Crippen molar-refractivity contribution in [3.63, 3.8) is 0 Å². The van der Waals surface area contributed by atoms with E-state index >= 15 is 0 Å². The number of ether oxygens (including phenoxy) is 2. The highest BCUT2D eigenvalue weighted by Crippen LogP contribution is 2.37. The highest BCUT2D eigenvalue weighted by Gasteiger charge is 2.13.